The zero-order valence-corrected chi connectivity index (χ0v) is 18.4. The molecule has 0 spiro atoms. The summed E-state index contributed by atoms with van der Waals surface area (Å²) in [6.45, 7) is 4.28. The molecule has 30 heavy (non-hydrogen) atoms. The zero-order valence-electron chi connectivity index (χ0n) is 17.6. The number of sulfonamides is 1. The van der Waals surface area contributed by atoms with Crippen molar-refractivity contribution in [2.24, 2.45) is 0 Å². The largest absolute Gasteiger partial charge is 0.495 e. The fourth-order valence-electron chi connectivity index (χ4n) is 2.99. The van der Waals surface area contributed by atoms with Crippen LogP contribution in [0.2, 0.25) is 0 Å². The van der Waals surface area contributed by atoms with E-state index in [1.165, 1.54) is 24.8 Å². The van der Waals surface area contributed by atoms with E-state index in [1.54, 1.807) is 6.07 Å². The molecule has 1 amide bonds. The second-order valence-corrected chi connectivity index (χ2v) is 9.30. The van der Waals surface area contributed by atoms with Crippen molar-refractivity contribution >= 4 is 27.3 Å². The monoisotopic (exact) mass is 431 g/mol. The van der Waals surface area contributed by atoms with Gasteiger partial charge < -0.3 is 15.4 Å². The van der Waals surface area contributed by atoms with E-state index in [0.717, 1.165) is 19.3 Å². The van der Waals surface area contributed by atoms with Gasteiger partial charge in [0.1, 0.15) is 5.75 Å². The number of rotatable bonds is 10. The summed E-state index contributed by atoms with van der Waals surface area (Å²) in [7, 11) is -2.10. The molecule has 0 aromatic heterocycles. The molecule has 1 aliphatic carbocycles. The van der Waals surface area contributed by atoms with Crippen molar-refractivity contribution < 1.29 is 17.9 Å². The Labute approximate surface area is 178 Å². The first-order valence-corrected chi connectivity index (χ1v) is 11.6. The van der Waals surface area contributed by atoms with Gasteiger partial charge in [-0.2, -0.15) is 0 Å². The number of ether oxygens (including phenoxy) is 1. The zero-order chi connectivity index (χ0) is 21.7. The van der Waals surface area contributed by atoms with Crippen LogP contribution in [0.5, 0.6) is 5.75 Å². The van der Waals surface area contributed by atoms with E-state index >= 15 is 0 Å². The Morgan fingerprint density at radius 3 is 2.47 bits per heavy atom. The van der Waals surface area contributed by atoms with Crippen LogP contribution in [-0.4, -0.2) is 34.0 Å². The third-order valence-corrected chi connectivity index (χ3v) is 6.71. The van der Waals surface area contributed by atoms with Gasteiger partial charge in [0.25, 0.3) is 0 Å². The van der Waals surface area contributed by atoms with Gasteiger partial charge in [-0.3, -0.25) is 4.79 Å². The number of methoxy groups -OCH3 is 1. The van der Waals surface area contributed by atoms with Gasteiger partial charge >= 0.3 is 0 Å². The summed E-state index contributed by atoms with van der Waals surface area (Å²) < 4.78 is 32.8. The third kappa shape index (κ3) is 5.73. The van der Waals surface area contributed by atoms with Gasteiger partial charge in [-0.15, -0.1) is 0 Å². The van der Waals surface area contributed by atoms with Crippen LogP contribution in [0.25, 0.3) is 0 Å². The maximum atomic E-state index is 12.5. The summed E-state index contributed by atoms with van der Waals surface area (Å²) in [4.78, 5) is 12.5. The van der Waals surface area contributed by atoms with Gasteiger partial charge in [-0.1, -0.05) is 26.0 Å². The maximum absolute atomic E-state index is 12.5. The van der Waals surface area contributed by atoms with Gasteiger partial charge in [0.05, 0.1) is 24.2 Å². The van der Waals surface area contributed by atoms with E-state index in [4.69, 9.17) is 4.74 Å². The Hall–Kier alpha value is -2.58. The van der Waals surface area contributed by atoms with Crippen molar-refractivity contribution in [3.8, 4) is 5.75 Å². The van der Waals surface area contributed by atoms with Crippen molar-refractivity contribution in [3.05, 3.63) is 48.0 Å². The Morgan fingerprint density at radius 1 is 1.17 bits per heavy atom. The molecule has 1 aliphatic rings. The molecular formula is C22H29N3O4S. The fraction of sp³-hybridized carbons (Fsp3) is 0.409. The molecular weight excluding hydrogens is 402 g/mol. The van der Waals surface area contributed by atoms with Crippen LogP contribution in [0.1, 0.15) is 44.6 Å². The standard InChI is InChI=1S/C22H29N3O4S/c1-4-15(2)16-5-7-17(8-6-16)24-22(26)14-23-20-13-19(11-12-21(20)29-3)30(27,28)25-18-9-10-18/h5-8,11-13,15,18,23,25H,4,9-10,14H2,1-3H3,(H,24,26)/t15-/m1/s1. The van der Waals surface area contributed by atoms with Crippen LogP contribution in [0.4, 0.5) is 11.4 Å². The average molecular weight is 432 g/mol. The minimum absolute atomic E-state index is 0.0194. The molecule has 0 radical (unpaired) electrons. The first-order valence-electron chi connectivity index (χ1n) is 10.2. The number of amides is 1. The van der Waals surface area contributed by atoms with Crippen molar-refractivity contribution in [2.75, 3.05) is 24.3 Å². The lowest BCUT2D eigenvalue weighted by molar-refractivity contribution is -0.114. The predicted molar refractivity (Wildman–Crippen MR) is 119 cm³/mol. The lowest BCUT2D eigenvalue weighted by atomic mass is 9.99. The highest BCUT2D eigenvalue weighted by Gasteiger charge is 2.28. The fourth-order valence-corrected chi connectivity index (χ4v) is 4.32. The molecule has 8 heteroatoms. The molecule has 0 aliphatic heterocycles. The summed E-state index contributed by atoms with van der Waals surface area (Å²) in [6, 6.07) is 12.4. The number of hydrogen-bond donors (Lipinski definition) is 3. The van der Waals surface area contributed by atoms with Crippen molar-refractivity contribution in [2.45, 2.75) is 50.0 Å². The van der Waals surface area contributed by atoms with Crippen LogP contribution >= 0.6 is 0 Å². The number of anilines is 2. The average Bonchev–Trinajstić information content (AvgIpc) is 3.55. The van der Waals surface area contributed by atoms with Gasteiger partial charge in [-0.05, 0) is 61.1 Å². The molecule has 3 rings (SSSR count). The Kier molecular flexibility index (Phi) is 6.99. The topological polar surface area (TPSA) is 96.5 Å². The maximum Gasteiger partial charge on any atom is 0.243 e. The second-order valence-electron chi connectivity index (χ2n) is 7.59. The lowest BCUT2D eigenvalue weighted by Crippen LogP contribution is -2.26. The molecule has 1 fully saturated rings. The highest BCUT2D eigenvalue weighted by molar-refractivity contribution is 7.89. The van der Waals surface area contributed by atoms with Crippen LogP contribution in [0.15, 0.2) is 47.4 Å². The minimum Gasteiger partial charge on any atom is -0.495 e. The molecule has 0 heterocycles. The molecule has 2 aromatic rings. The first-order chi connectivity index (χ1) is 14.3. The second kappa shape index (κ2) is 9.49. The van der Waals surface area contributed by atoms with E-state index in [1.807, 2.05) is 24.3 Å². The first kappa shape index (κ1) is 22.1. The Bertz CT molecular complexity index is 986. The number of carbonyl (C=O) groups is 1. The quantitative estimate of drug-likeness (QED) is 0.533. The van der Waals surface area contributed by atoms with Crippen LogP contribution in [0.3, 0.4) is 0 Å². The van der Waals surface area contributed by atoms with Gasteiger partial charge in [-0.25, -0.2) is 13.1 Å². The number of carbonyl (C=O) groups excluding carboxylic acids is 1. The van der Waals surface area contributed by atoms with Gasteiger partial charge in [0.2, 0.25) is 15.9 Å². The van der Waals surface area contributed by atoms with Crippen LogP contribution in [-0.2, 0) is 14.8 Å². The molecule has 7 nitrogen and oxygen atoms in total. The van der Waals surface area contributed by atoms with E-state index < -0.39 is 10.0 Å². The van der Waals surface area contributed by atoms with Crippen molar-refractivity contribution in [1.82, 2.24) is 4.72 Å². The number of nitrogens with one attached hydrogen (secondary N) is 3. The SMILES string of the molecule is CC[C@@H](C)c1ccc(NC(=O)CNc2cc(S(=O)(=O)NC3CC3)ccc2OC)cc1. The minimum atomic E-state index is -3.59. The van der Waals surface area contributed by atoms with E-state index in [0.29, 0.717) is 23.0 Å². The lowest BCUT2D eigenvalue weighted by Gasteiger charge is -2.14. The third-order valence-electron chi connectivity index (χ3n) is 5.20. The highest BCUT2D eigenvalue weighted by Crippen LogP contribution is 2.29. The Balaban J connectivity index is 1.63. The summed E-state index contributed by atoms with van der Waals surface area (Å²) in [6.07, 6.45) is 2.78. The molecule has 3 N–H and O–H groups in total. The van der Waals surface area contributed by atoms with Gasteiger partial charge in [0, 0.05) is 11.7 Å². The van der Waals surface area contributed by atoms with Crippen molar-refractivity contribution in [3.63, 3.8) is 0 Å². The molecule has 2 aromatic carbocycles. The van der Waals surface area contributed by atoms with Crippen LogP contribution < -0.4 is 20.1 Å². The van der Waals surface area contributed by atoms with E-state index in [-0.39, 0.29) is 23.4 Å². The van der Waals surface area contributed by atoms with Crippen molar-refractivity contribution in [1.29, 1.82) is 0 Å². The predicted octanol–water partition coefficient (Wildman–Crippen LogP) is 3.70. The molecule has 1 saturated carbocycles. The van der Waals surface area contributed by atoms with E-state index in [2.05, 4.69) is 29.2 Å². The molecule has 0 saturated heterocycles. The number of hydrogen-bond acceptors (Lipinski definition) is 5. The summed E-state index contributed by atoms with van der Waals surface area (Å²) in [5.41, 5.74) is 2.39. The number of benzene rings is 2. The summed E-state index contributed by atoms with van der Waals surface area (Å²) in [5, 5.41) is 5.82. The normalized spacial score (nSPS) is 14.8. The Morgan fingerprint density at radius 2 is 1.87 bits per heavy atom. The molecule has 162 valence electrons. The van der Waals surface area contributed by atoms with Crippen LogP contribution in [0, 0.1) is 0 Å². The molecule has 0 unspecified atom stereocenters. The molecule has 0 bridgehead atoms. The van der Waals surface area contributed by atoms with Gasteiger partial charge in [0.15, 0.2) is 0 Å². The molecule has 1 atom stereocenters. The summed E-state index contributed by atoms with van der Waals surface area (Å²) in [5.74, 6) is 0.700. The highest BCUT2D eigenvalue weighted by atomic mass is 32.2. The smallest absolute Gasteiger partial charge is 0.243 e. The summed E-state index contributed by atoms with van der Waals surface area (Å²) >= 11 is 0. The van der Waals surface area contributed by atoms with E-state index in [9.17, 15) is 13.2 Å².